The second-order valence-electron chi connectivity index (χ2n) is 6.70. The molecule has 0 spiro atoms. The van der Waals surface area contributed by atoms with Gasteiger partial charge in [-0.1, -0.05) is 17.7 Å². The van der Waals surface area contributed by atoms with Crippen molar-refractivity contribution in [3.63, 3.8) is 0 Å². The second-order valence-corrected chi connectivity index (χ2v) is 7.10. The molecule has 164 valence electrons. The van der Waals surface area contributed by atoms with Crippen LogP contribution >= 0.6 is 11.6 Å². The van der Waals surface area contributed by atoms with E-state index in [1.165, 1.54) is 13.2 Å². The standard InChI is InChI=1S/C23H24ClFN2O4/c1-3-30-21(8-9-28)16-5-7-22(26-12-16)31-14-15-4-6-19(24)17(10-15)18-11-23(29-2)27-13-20(18)25/h4-7,10-13,21,28H,3,8-9,14H2,1-2H3/t21-/m0/s1. The topological polar surface area (TPSA) is 73.7 Å². The highest BCUT2D eigenvalue weighted by Gasteiger charge is 2.14. The molecular weight excluding hydrogens is 423 g/mol. The number of nitrogens with zero attached hydrogens (tertiary/aromatic N) is 2. The highest BCUT2D eigenvalue weighted by molar-refractivity contribution is 6.33. The fourth-order valence-electron chi connectivity index (χ4n) is 3.10. The Morgan fingerprint density at radius 3 is 2.55 bits per heavy atom. The first-order chi connectivity index (χ1) is 15.0. The maximum absolute atomic E-state index is 14.3. The summed E-state index contributed by atoms with van der Waals surface area (Å²) in [4.78, 5) is 8.18. The minimum atomic E-state index is -0.496. The zero-order valence-electron chi connectivity index (χ0n) is 17.3. The molecule has 0 bridgehead atoms. The SMILES string of the molecule is CCO[C@@H](CCO)c1ccc(OCc2ccc(Cl)c(-c3cc(OC)ncc3F)c2)nc1. The van der Waals surface area contributed by atoms with Gasteiger partial charge in [0.2, 0.25) is 11.8 Å². The Morgan fingerprint density at radius 1 is 1.06 bits per heavy atom. The summed E-state index contributed by atoms with van der Waals surface area (Å²) in [5, 5.41) is 9.60. The third kappa shape index (κ3) is 5.91. The highest BCUT2D eigenvalue weighted by Crippen LogP contribution is 2.32. The summed E-state index contributed by atoms with van der Waals surface area (Å²) in [6, 6.07) is 10.4. The molecule has 1 atom stereocenters. The Hall–Kier alpha value is -2.74. The Morgan fingerprint density at radius 2 is 1.87 bits per heavy atom. The molecule has 0 aliphatic heterocycles. The van der Waals surface area contributed by atoms with E-state index in [0.717, 1.165) is 17.3 Å². The molecule has 0 aliphatic carbocycles. The van der Waals surface area contributed by atoms with E-state index in [4.69, 9.17) is 25.8 Å². The van der Waals surface area contributed by atoms with E-state index >= 15 is 0 Å². The van der Waals surface area contributed by atoms with Gasteiger partial charge in [-0.3, -0.25) is 0 Å². The van der Waals surface area contributed by atoms with Crippen molar-refractivity contribution in [1.29, 1.82) is 0 Å². The summed E-state index contributed by atoms with van der Waals surface area (Å²) in [6.07, 6.45) is 3.07. The van der Waals surface area contributed by atoms with Gasteiger partial charge in [0.1, 0.15) is 12.4 Å². The molecule has 0 radical (unpaired) electrons. The largest absolute Gasteiger partial charge is 0.481 e. The zero-order chi connectivity index (χ0) is 22.2. The van der Waals surface area contributed by atoms with E-state index in [-0.39, 0.29) is 19.3 Å². The Kier molecular flexibility index (Phi) is 8.17. The first kappa shape index (κ1) is 22.9. The van der Waals surface area contributed by atoms with Crippen molar-refractivity contribution >= 4 is 11.6 Å². The molecule has 2 aromatic heterocycles. The van der Waals surface area contributed by atoms with Crippen molar-refractivity contribution < 1.29 is 23.7 Å². The van der Waals surface area contributed by atoms with E-state index in [2.05, 4.69) is 9.97 Å². The number of ether oxygens (including phenoxy) is 3. The number of aromatic nitrogens is 2. The molecule has 8 heteroatoms. The molecule has 0 saturated heterocycles. The maximum atomic E-state index is 14.3. The van der Waals surface area contributed by atoms with Crippen molar-refractivity contribution in [1.82, 2.24) is 9.97 Å². The summed E-state index contributed by atoms with van der Waals surface area (Å²) in [7, 11) is 1.47. The minimum absolute atomic E-state index is 0.0335. The van der Waals surface area contributed by atoms with Gasteiger partial charge in [-0.05, 0) is 36.2 Å². The number of hydrogen-bond acceptors (Lipinski definition) is 6. The van der Waals surface area contributed by atoms with Gasteiger partial charge in [0.25, 0.3) is 0 Å². The predicted molar refractivity (Wildman–Crippen MR) is 116 cm³/mol. The number of hydrogen-bond donors (Lipinski definition) is 1. The van der Waals surface area contributed by atoms with Crippen LogP contribution in [-0.2, 0) is 11.3 Å². The van der Waals surface area contributed by atoms with E-state index in [9.17, 15) is 9.50 Å². The molecule has 0 amide bonds. The van der Waals surface area contributed by atoms with Gasteiger partial charge in [0.05, 0.1) is 19.4 Å². The third-order valence-electron chi connectivity index (χ3n) is 4.64. The van der Waals surface area contributed by atoms with E-state index in [1.807, 2.05) is 19.1 Å². The lowest BCUT2D eigenvalue weighted by atomic mass is 10.0. The number of methoxy groups -OCH3 is 1. The monoisotopic (exact) mass is 446 g/mol. The highest BCUT2D eigenvalue weighted by atomic mass is 35.5. The fraction of sp³-hybridized carbons (Fsp3) is 0.304. The molecule has 3 rings (SSSR count). The number of aliphatic hydroxyl groups excluding tert-OH is 1. The fourth-order valence-corrected chi connectivity index (χ4v) is 3.32. The molecule has 1 N–H and O–H groups in total. The summed E-state index contributed by atoms with van der Waals surface area (Å²) >= 11 is 6.30. The molecule has 2 heterocycles. The van der Waals surface area contributed by atoms with Crippen LogP contribution in [0.5, 0.6) is 11.8 Å². The lowest BCUT2D eigenvalue weighted by molar-refractivity contribution is 0.0429. The summed E-state index contributed by atoms with van der Waals surface area (Å²) in [6.45, 7) is 2.72. The molecule has 31 heavy (non-hydrogen) atoms. The molecular formula is C23H24ClFN2O4. The van der Waals surface area contributed by atoms with Crippen LogP contribution in [0, 0.1) is 5.82 Å². The van der Waals surface area contributed by atoms with Gasteiger partial charge in [0, 0.05) is 54.1 Å². The Labute approximate surface area is 185 Å². The van der Waals surface area contributed by atoms with Crippen LogP contribution in [0.1, 0.15) is 30.6 Å². The predicted octanol–water partition coefficient (Wildman–Crippen LogP) is 4.98. The lowest BCUT2D eigenvalue weighted by Gasteiger charge is -2.16. The van der Waals surface area contributed by atoms with E-state index in [1.54, 1.807) is 24.4 Å². The summed E-state index contributed by atoms with van der Waals surface area (Å²) < 4.78 is 30.8. The lowest BCUT2D eigenvalue weighted by Crippen LogP contribution is -2.07. The van der Waals surface area contributed by atoms with Crippen LogP contribution in [0.25, 0.3) is 11.1 Å². The number of aliphatic hydroxyl groups is 1. The molecule has 0 unspecified atom stereocenters. The zero-order valence-corrected chi connectivity index (χ0v) is 18.1. The van der Waals surface area contributed by atoms with Gasteiger partial charge in [0.15, 0.2) is 0 Å². The third-order valence-corrected chi connectivity index (χ3v) is 4.97. The van der Waals surface area contributed by atoms with Gasteiger partial charge in [-0.2, -0.15) is 0 Å². The average Bonchev–Trinajstić information content (AvgIpc) is 2.79. The smallest absolute Gasteiger partial charge is 0.213 e. The maximum Gasteiger partial charge on any atom is 0.213 e. The first-order valence-corrected chi connectivity index (χ1v) is 10.2. The van der Waals surface area contributed by atoms with Gasteiger partial charge < -0.3 is 19.3 Å². The van der Waals surface area contributed by atoms with Crippen LogP contribution in [0.4, 0.5) is 4.39 Å². The van der Waals surface area contributed by atoms with Crippen molar-refractivity contribution in [2.75, 3.05) is 20.3 Å². The molecule has 0 saturated carbocycles. The van der Waals surface area contributed by atoms with Crippen LogP contribution in [0.15, 0.2) is 48.8 Å². The first-order valence-electron chi connectivity index (χ1n) is 9.85. The molecule has 0 fully saturated rings. The molecule has 3 aromatic rings. The van der Waals surface area contributed by atoms with Crippen molar-refractivity contribution in [2.45, 2.75) is 26.1 Å². The number of rotatable bonds is 10. The van der Waals surface area contributed by atoms with Crippen molar-refractivity contribution in [3.05, 3.63) is 70.8 Å². The van der Waals surface area contributed by atoms with Crippen LogP contribution in [0.3, 0.4) is 0 Å². The second kappa shape index (κ2) is 11.0. The number of pyridine rings is 2. The van der Waals surface area contributed by atoms with Crippen molar-refractivity contribution in [3.8, 4) is 22.9 Å². The van der Waals surface area contributed by atoms with E-state index in [0.29, 0.717) is 40.9 Å². The molecule has 6 nitrogen and oxygen atoms in total. The Bertz CT molecular complexity index is 995. The normalized spacial score (nSPS) is 11.9. The van der Waals surface area contributed by atoms with Crippen LogP contribution in [0.2, 0.25) is 5.02 Å². The molecule has 1 aromatic carbocycles. The van der Waals surface area contributed by atoms with Gasteiger partial charge in [-0.15, -0.1) is 0 Å². The Balaban J connectivity index is 1.74. The molecule has 0 aliphatic rings. The van der Waals surface area contributed by atoms with Gasteiger partial charge >= 0.3 is 0 Å². The van der Waals surface area contributed by atoms with Crippen LogP contribution in [-0.4, -0.2) is 35.4 Å². The summed E-state index contributed by atoms with van der Waals surface area (Å²) in [5.74, 6) is 0.242. The van der Waals surface area contributed by atoms with Crippen molar-refractivity contribution in [2.24, 2.45) is 0 Å². The number of benzene rings is 1. The van der Waals surface area contributed by atoms with Gasteiger partial charge in [-0.25, -0.2) is 14.4 Å². The quantitative estimate of drug-likeness (QED) is 0.473. The van der Waals surface area contributed by atoms with E-state index < -0.39 is 5.82 Å². The van der Waals surface area contributed by atoms with Crippen LogP contribution < -0.4 is 9.47 Å². The minimum Gasteiger partial charge on any atom is -0.481 e. The summed E-state index contributed by atoms with van der Waals surface area (Å²) in [5.41, 5.74) is 2.49. The number of halogens is 2. The average molecular weight is 447 g/mol.